The van der Waals surface area contributed by atoms with Crippen LogP contribution in [0, 0.1) is 0 Å². The molecule has 1 aromatic rings. The minimum absolute atomic E-state index is 0.00876. The standard InChI is InChI=1S/C14H19N3O2/c15-13-11-3-1-2-4-12(11)17(14(13)18)6-5-16-7-9-19-10-8-16/h1-4,13H,5-10,15H2. The average molecular weight is 261 g/mol. The van der Waals surface area contributed by atoms with Gasteiger partial charge in [-0.1, -0.05) is 18.2 Å². The van der Waals surface area contributed by atoms with Crippen LogP contribution in [-0.4, -0.2) is 50.2 Å². The highest BCUT2D eigenvalue weighted by atomic mass is 16.5. The number of hydrogen-bond acceptors (Lipinski definition) is 4. The van der Waals surface area contributed by atoms with Crippen LogP contribution in [0.1, 0.15) is 11.6 Å². The average Bonchev–Trinajstić information content (AvgIpc) is 2.71. The molecule has 1 saturated heterocycles. The molecule has 2 heterocycles. The molecule has 0 aromatic heterocycles. The van der Waals surface area contributed by atoms with Crippen molar-refractivity contribution >= 4 is 11.6 Å². The maximum atomic E-state index is 12.2. The highest BCUT2D eigenvalue weighted by Gasteiger charge is 2.34. The van der Waals surface area contributed by atoms with Crippen molar-refractivity contribution in [2.24, 2.45) is 5.73 Å². The first-order valence-corrected chi connectivity index (χ1v) is 6.73. The van der Waals surface area contributed by atoms with Crippen molar-refractivity contribution in [1.29, 1.82) is 0 Å². The normalized spacial score (nSPS) is 23.7. The fraction of sp³-hybridized carbons (Fsp3) is 0.500. The molecule has 2 N–H and O–H groups in total. The SMILES string of the molecule is NC1C(=O)N(CCN2CCOCC2)c2ccccc21. The van der Waals surface area contributed by atoms with E-state index < -0.39 is 6.04 Å². The van der Waals surface area contributed by atoms with Crippen LogP contribution in [0.25, 0.3) is 0 Å². The Morgan fingerprint density at radius 2 is 1.95 bits per heavy atom. The van der Waals surface area contributed by atoms with E-state index in [2.05, 4.69) is 4.90 Å². The number of nitrogens with two attached hydrogens (primary N) is 1. The van der Waals surface area contributed by atoms with E-state index in [1.807, 2.05) is 29.2 Å². The predicted molar refractivity (Wildman–Crippen MR) is 73.0 cm³/mol. The molecule has 0 saturated carbocycles. The Kier molecular flexibility index (Phi) is 3.50. The van der Waals surface area contributed by atoms with E-state index in [4.69, 9.17) is 10.5 Å². The van der Waals surface area contributed by atoms with E-state index in [0.717, 1.165) is 44.1 Å². The van der Waals surface area contributed by atoms with Gasteiger partial charge in [0.2, 0.25) is 5.91 Å². The third-order valence-electron chi connectivity index (χ3n) is 3.84. The molecule has 1 atom stereocenters. The minimum Gasteiger partial charge on any atom is -0.379 e. The van der Waals surface area contributed by atoms with Crippen molar-refractivity contribution in [1.82, 2.24) is 4.90 Å². The first kappa shape index (κ1) is 12.6. The second-order valence-corrected chi connectivity index (χ2v) is 4.98. The molecular weight excluding hydrogens is 242 g/mol. The Labute approximate surface area is 112 Å². The summed E-state index contributed by atoms with van der Waals surface area (Å²) in [4.78, 5) is 16.3. The summed E-state index contributed by atoms with van der Waals surface area (Å²) in [7, 11) is 0. The molecule has 1 unspecified atom stereocenters. The summed E-state index contributed by atoms with van der Waals surface area (Å²) in [6.07, 6.45) is 0. The van der Waals surface area contributed by atoms with Crippen molar-refractivity contribution in [3.8, 4) is 0 Å². The molecule has 19 heavy (non-hydrogen) atoms. The number of benzene rings is 1. The van der Waals surface area contributed by atoms with Gasteiger partial charge in [-0.25, -0.2) is 0 Å². The van der Waals surface area contributed by atoms with Crippen LogP contribution in [0.5, 0.6) is 0 Å². The van der Waals surface area contributed by atoms with Gasteiger partial charge in [-0.2, -0.15) is 0 Å². The van der Waals surface area contributed by atoms with E-state index in [0.29, 0.717) is 6.54 Å². The Hall–Kier alpha value is -1.43. The zero-order valence-electron chi connectivity index (χ0n) is 10.9. The number of amides is 1. The number of rotatable bonds is 3. The number of carbonyl (C=O) groups is 1. The number of morpholine rings is 1. The van der Waals surface area contributed by atoms with E-state index >= 15 is 0 Å². The molecule has 102 valence electrons. The molecule has 0 aliphatic carbocycles. The second kappa shape index (κ2) is 5.28. The lowest BCUT2D eigenvalue weighted by molar-refractivity contribution is -0.119. The van der Waals surface area contributed by atoms with Gasteiger partial charge in [0.05, 0.1) is 13.2 Å². The first-order valence-electron chi connectivity index (χ1n) is 6.73. The van der Waals surface area contributed by atoms with Gasteiger partial charge in [-0.15, -0.1) is 0 Å². The van der Waals surface area contributed by atoms with Crippen molar-refractivity contribution in [3.63, 3.8) is 0 Å². The van der Waals surface area contributed by atoms with Gasteiger partial charge in [0, 0.05) is 37.4 Å². The third-order valence-corrected chi connectivity index (χ3v) is 3.84. The molecule has 0 bridgehead atoms. The minimum atomic E-state index is -0.499. The van der Waals surface area contributed by atoms with Crippen LogP contribution < -0.4 is 10.6 Å². The van der Waals surface area contributed by atoms with Gasteiger partial charge in [0.25, 0.3) is 0 Å². The predicted octanol–water partition coefficient (Wildman–Crippen LogP) is 0.365. The number of nitrogens with zero attached hydrogens (tertiary/aromatic N) is 2. The van der Waals surface area contributed by atoms with Gasteiger partial charge in [0.1, 0.15) is 6.04 Å². The topological polar surface area (TPSA) is 58.8 Å². The van der Waals surface area contributed by atoms with E-state index in [1.54, 1.807) is 0 Å². The van der Waals surface area contributed by atoms with Gasteiger partial charge in [-0.3, -0.25) is 9.69 Å². The number of hydrogen-bond donors (Lipinski definition) is 1. The van der Waals surface area contributed by atoms with Crippen molar-refractivity contribution in [2.45, 2.75) is 6.04 Å². The van der Waals surface area contributed by atoms with Crippen LogP contribution >= 0.6 is 0 Å². The van der Waals surface area contributed by atoms with Gasteiger partial charge in [0.15, 0.2) is 0 Å². The summed E-state index contributed by atoms with van der Waals surface area (Å²) in [5, 5.41) is 0. The van der Waals surface area contributed by atoms with Crippen molar-refractivity contribution < 1.29 is 9.53 Å². The molecule has 0 radical (unpaired) electrons. The summed E-state index contributed by atoms with van der Waals surface area (Å²) in [6.45, 7) is 5.01. The van der Waals surface area contributed by atoms with E-state index in [9.17, 15) is 4.79 Å². The lowest BCUT2D eigenvalue weighted by atomic mass is 10.1. The molecule has 0 spiro atoms. The smallest absolute Gasteiger partial charge is 0.248 e. The number of carbonyl (C=O) groups excluding carboxylic acids is 1. The molecule has 1 aromatic carbocycles. The van der Waals surface area contributed by atoms with Crippen molar-refractivity contribution in [3.05, 3.63) is 29.8 Å². The molecular formula is C14H19N3O2. The highest BCUT2D eigenvalue weighted by Crippen LogP contribution is 2.33. The fourth-order valence-corrected chi connectivity index (χ4v) is 2.71. The maximum absolute atomic E-state index is 12.2. The van der Waals surface area contributed by atoms with Gasteiger partial charge >= 0.3 is 0 Å². The second-order valence-electron chi connectivity index (χ2n) is 4.98. The van der Waals surface area contributed by atoms with Gasteiger partial charge < -0.3 is 15.4 Å². The molecule has 5 heteroatoms. The summed E-state index contributed by atoms with van der Waals surface area (Å²) < 4.78 is 5.32. The number of fused-ring (bicyclic) bond motifs is 1. The van der Waals surface area contributed by atoms with Crippen LogP contribution in [0.4, 0.5) is 5.69 Å². The number of para-hydroxylation sites is 1. The lowest BCUT2D eigenvalue weighted by Gasteiger charge is -2.28. The fourth-order valence-electron chi connectivity index (χ4n) is 2.71. The summed E-state index contributed by atoms with van der Waals surface area (Å²) >= 11 is 0. The Morgan fingerprint density at radius 1 is 1.21 bits per heavy atom. The lowest BCUT2D eigenvalue weighted by Crippen LogP contribution is -2.43. The van der Waals surface area contributed by atoms with Crippen LogP contribution in [-0.2, 0) is 9.53 Å². The summed E-state index contributed by atoms with van der Waals surface area (Å²) in [5.74, 6) is 0.00876. The molecule has 1 amide bonds. The van der Waals surface area contributed by atoms with Crippen LogP contribution in [0.15, 0.2) is 24.3 Å². The Bertz CT molecular complexity index is 472. The molecule has 2 aliphatic heterocycles. The Balaban J connectivity index is 1.69. The van der Waals surface area contributed by atoms with Crippen LogP contribution in [0.3, 0.4) is 0 Å². The molecule has 2 aliphatic rings. The zero-order chi connectivity index (χ0) is 13.2. The van der Waals surface area contributed by atoms with Crippen molar-refractivity contribution in [2.75, 3.05) is 44.3 Å². The van der Waals surface area contributed by atoms with E-state index in [-0.39, 0.29) is 5.91 Å². The molecule has 3 rings (SSSR count). The maximum Gasteiger partial charge on any atom is 0.248 e. The molecule has 5 nitrogen and oxygen atoms in total. The van der Waals surface area contributed by atoms with E-state index in [1.165, 1.54) is 0 Å². The summed E-state index contributed by atoms with van der Waals surface area (Å²) in [6, 6.07) is 7.29. The monoisotopic (exact) mass is 261 g/mol. The molecule has 1 fully saturated rings. The number of anilines is 1. The largest absolute Gasteiger partial charge is 0.379 e. The number of ether oxygens (including phenoxy) is 1. The highest BCUT2D eigenvalue weighted by molar-refractivity contribution is 6.04. The first-order chi connectivity index (χ1) is 9.27. The zero-order valence-corrected chi connectivity index (χ0v) is 10.9. The van der Waals surface area contributed by atoms with Gasteiger partial charge in [-0.05, 0) is 6.07 Å². The van der Waals surface area contributed by atoms with Crippen LogP contribution in [0.2, 0.25) is 0 Å². The Morgan fingerprint density at radius 3 is 2.74 bits per heavy atom. The summed E-state index contributed by atoms with van der Waals surface area (Å²) in [5.41, 5.74) is 7.87. The quantitative estimate of drug-likeness (QED) is 0.854. The third kappa shape index (κ3) is 2.36.